The fourth-order valence-corrected chi connectivity index (χ4v) is 3.60. The number of hydrogen-bond acceptors (Lipinski definition) is 6. The lowest BCUT2D eigenvalue weighted by molar-refractivity contribution is -0.139. The van der Waals surface area contributed by atoms with Crippen LogP contribution in [0.15, 0.2) is 23.2 Å². The number of carbonyl (C=O) groups is 3. The van der Waals surface area contributed by atoms with Crippen molar-refractivity contribution in [3.8, 4) is 0 Å². The molecule has 0 aromatic heterocycles. The monoisotopic (exact) mass is 370 g/mol. The summed E-state index contributed by atoms with van der Waals surface area (Å²) in [5.41, 5.74) is 2.09. The lowest BCUT2D eigenvalue weighted by Gasteiger charge is -2.40. The van der Waals surface area contributed by atoms with E-state index < -0.39 is 18.2 Å². The number of hydrogen-bond donors (Lipinski definition) is 3. The maximum Gasteiger partial charge on any atom is 0.249 e. The third-order valence-electron chi connectivity index (χ3n) is 5.25. The molecule has 1 aromatic carbocycles. The van der Waals surface area contributed by atoms with E-state index in [4.69, 9.17) is 0 Å². The van der Waals surface area contributed by atoms with Gasteiger partial charge in [-0.15, -0.1) is 0 Å². The van der Waals surface area contributed by atoms with E-state index in [1.165, 1.54) is 0 Å². The van der Waals surface area contributed by atoms with Gasteiger partial charge in [0.05, 0.1) is 5.69 Å². The topological polar surface area (TPSA) is 111 Å². The maximum atomic E-state index is 12.2. The molecule has 1 saturated heterocycles. The number of carbonyl (C=O) groups excluding carboxylic acids is 3. The van der Waals surface area contributed by atoms with Crippen molar-refractivity contribution in [3.05, 3.63) is 29.3 Å². The van der Waals surface area contributed by atoms with E-state index in [0.717, 1.165) is 18.4 Å². The van der Waals surface area contributed by atoms with E-state index in [9.17, 15) is 19.5 Å². The Labute approximate surface area is 156 Å². The first-order chi connectivity index (χ1) is 12.9. The molecule has 2 atom stereocenters. The Morgan fingerprint density at radius 1 is 1.33 bits per heavy atom. The fraction of sp³-hybridized carbons (Fsp3) is 0.474. The molecular formula is C19H22N4O4. The SMILES string of the molecule is CC1=Nc2ccc(CNC(=O)C3CC3)cc2C(O)N1C1CCC(=O)NC1=O. The molecule has 2 unspecified atom stereocenters. The number of aliphatic hydroxyl groups excluding tert-OH is 1. The van der Waals surface area contributed by atoms with Gasteiger partial charge in [0.15, 0.2) is 6.23 Å². The van der Waals surface area contributed by atoms with E-state index >= 15 is 0 Å². The zero-order valence-corrected chi connectivity index (χ0v) is 15.1. The molecule has 1 aromatic rings. The Morgan fingerprint density at radius 3 is 2.81 bits per heavy atom. The molecule has 2 aliphatic heterocycles. The summed E-state index contributed by atoms with van der Waals surface area (Å²) in [6, 6.07) is 4.84. The molecule has 27 heavy (non-hydrogen) atoms. The lowest BCUT2D eigenvalue weighted by Crippen LogP contribution is -2.55. The molecule has 3 N–H and O–H groups in total. The summed E-state index contributed by atoms with van der Waals surface area (Å²) in [5, 5.41) is 16.1. The number of rotatable bonds is 4. The summed E-state index contributed by atoms with van der Waals surface area (Å²) in [7, 11) is 0. The highest BCUT2D eigenvalue weighted by molar-refractivity contribution is 6.02. The van der Waals surface area contributed by atoms with Gasteiger partial charge in [-0.05, 0) is 43.9 Å². The van der Waals surface area contributed by atoms with Gasteiger partial charge >= 0.3 is 0 Å². The van der Waals surface area contributed by atoms with Gasteiger partial charge in [0.1, 0.15) is 11.9 Å². The van der Waals surface area contributed by atoms with Crippen molar-refractivity contribution in [2.45, 2.75) is 51.4 Å². The third-order valence-corrected chi connectivity index (χ3v) is 5.25. The Bertz CT molecular complexity index is 846. The normalized spacial score (nSPS) is 24.8. The Kier molecular flexibility index (Phi) is 4.43. The van der Waals surface area contributed by atoms with Crippen LogP contribution in [0.25, 0.3) is 0 Å². The minimum atomic E-state index is -1.04. The molecule has 3 amide bonds. The van der Waals surface area contributed by atoms with Gasteiger partial charge in [-0.1, -0.05) is 6.07 Å². The largest absolute Gasteiger partial charge is 0.369 e. The minimum Gasteiger partial charge on any atom is -0.369 e. The van der Waals surface area contributed by atoms with Crippen LogP contribution in [-0.4, -0.2) is 39.6 Å². The van der Waals surface area contributed by atoms with Crippen LogP contribution < -0.4 is 10.6 Å². The van der Waals surface area contributed by atoms with Crippen LogP contribution in [0.1, 0.15) is 50.0 Å². The van der Waals surface area contributed by atoms with E-state index in [1.807, 2.05) is 18.2 Å². The molecule has 1 aliphatic carbocycles. The van der Waals surface area contributed by atoms with Crippen LogP contribution in [0.3, 0.4) is 0 Å². The average molecular weight is 370 g/mol. The molecule has 8 heteroatoms. The Balaban J connectivity index is 1.55. The highest BCUT2D eigenvalue weighted by atomic mass is 16.3. The number of piperidine rings is 1. The van der Waals surface area contributed by atoms with Crippen molar-refractivity contribution in [3.63, 3.8) is 0 Å². The number of fused-ring (bicyclic) bond motifs is 1. The van der Waals surface area contributed by atoms with Crippen LogP contribution in [0.2, 0.25) is 0 Å². The number of imide groups is 1. The zero-order valence-electron chi connectivity index (χ0n) is 15.1. The van der Waals surface area contributed by atoms with Gasteiger partial charge in [0, 0.05) is 24.4 Å². The smallest absolute Gasteiger partial charge is 0.249 e. The first-order valence-electron chi connectivity index (χ1n) is 9.20. The summed E-state index contributed by atoms with van der Waals surface area (Å²) in [6.07, 6.45) is 1.42. The van der Waals surface area contributed by atoms with Gasteiger partial charge in [-0.3, -0.25) is 19.7 Å². The number of aliphatic hydroxyl groups is 1. The predicted molar refractivity (Wildman–Crippen MR) is 96.8 cm³/mol. The molecule has 3 aliphatic rings. The van der Waals surface area contributed by atoms with Crippen molar-refractivity contribution in [1.29, 1.82) is 0 Å². The predicted octanol–water partition coefficient (Wildman–Crippen LogP) is 0.874. The Morgan fingerprint density at radius 2 is 2.11 bits per heavy atom. The van der Waals surface area contributed by atoms with Crippen LogP contribution in [0.4, 0.5) is 5.69 Å². The van der Waals surface area contributed by atoms with E-state index in [1.54, 1.807) is 11.8 Å². The van der Waals surface area contributed by atoms with Gasteiger partial charge in [0.25, 0.3) is 0 Å². The second-order valence-electron chi connectivity index (χ2n) is 7.29. The summed E-state index contributed by atoms with van der Waals surface area (Å²) in [4.78, 5) is 41.5. The van der Waals surface area contributed by atoms with Crippen molar-refractivity contribution < 1.29 is 19.5 Å². The van der Waals surface area contributed by atoms with Crippen molar-refractivity contribution in [2.75, 3.05) is 0 Å². The standard InChI is InChI=1S/C19H22N4O4/c1-10-21-14-5-2-11(9-20-17(25)12-3-4-12)8-13(14)19(27)23(10)15-6-7-16(24)22-18(15)26/h2,5,8,12,15,19,27H,3-4,6-7,9H2,1H3,(H,20,25)(H,22,24,26). The molecule has 1 saturated carbocycles. The highest BCUT2D eigenvalue weighted by Gasteiger charge is 2.38. The molecule has 142 valence electrons. The van der Waals surface area contributed by atoms with Gasteiger partial charge in [0.2, 0.25) is 17.7 Å². The third kappa shape index (κ3) is 3.44. The lowest BCUT2D eigenvalue weighted by atomic mass is 9.99. The number of amidine groups is 1. The highest BCUT2D eigenvalue weighted by Crippen LogP contribution is 2.36. The fourth-order valence-electron chi connectivity index (χ4n) is 3.60. The number of benzene rings is 1. The van der Waals surface area contributed by atoms with Crippen LogP contribution in [0.5, 0.6) is 0 Å². The Hall–Kier alpha value is -2.74. The first-order valence-corrected chi connectivity index (χ1v) is 9.20. The molecule has 0 radical (unpaired) electrons. The number of aliphatic imine (C=N–C) groups is 1. The van der Waals surface area contributed by atoms with E-state index in [-0.39, 0.29) is 24.2 Å². The van der Waals surface area contributed by atoms with E-state index in [2.05, 4.69) is 15.6 Å². The molecule has 0 spiro atoms. The quantitative estimate of drug-likeness (QED) is 0.681. The van der Waals surface area contributed by atoms with Crippen LogP contribution in [0, 0.1) is 5.92 Å². The number of nitrogens with zero attached hydrogens (tertiary/aromatic N) is 2. The molecular weight excluding hydrogens is 348 g/mol. The van der Waals surface area contributed by atoms with Crippen molar-refractivity contribution >= 4 is 29.2 Å². The summed E-state index contributed by atoms with van der Waals surface area (Å²) >= 11 is 0. The molecule has 4 rings (SSSR count). The van der Waals surface area contributed by atoms with Crippen LogP contribution >= 0.6 is 0 Å². The first kappa shape index (κ1) is 17.7. The maximum absolute atomic E-state index is 12.2. The second-order valence-corrected chi connectivity index (χ2v) is 7.29. The van der Waals surface area contributed by atoms with Gasteiger partial charge in [-0.2, -0.15) is 0 Å². The van der Waals surface area contributed by atoms with Gasteiger partial charge < -0.3 is 15.3 Å². The summed E-state index contributed by atoms with van der Waals surface area (Å²) < 4.78 is 0. The van der Waals surface area contributed by atoms with E-state index in [0.29, 0.717) is 30.1 Å². The average Bonchev–Trinajstić information content (AvgIpc) is 3.47. The zero-order chi connectivity index (χ0) is 19.1. The molecule has 2 heterocycles. The van der Waals surface area contributed by atoms with Crippen molar-refractivity contribution in [1.82, 2.24) is 15.5 Å². The molecule has 8 nitrogen and oxygen atoms in total. The number of amides is 3. The van der Waals surface area contributed by atoms with Crippen molar-refractivity contribution in [2.24, 2.45) is 10.9 Å². The number of nitrogens with one attached hydrogen (secondary N) is 2. The second kappa shape index (κ2) is 6.77. The molecule has 0 bridgehead atoms. The summed E-state index contributed by atoms with van der Waals surface area (Å²) in [6.45, 7) is 2.12. The van der Waals surface area contributed by atoms with Crippen LogP contribution in [-0.2, 0) is 20.9 Å². The van der Waals surface area contributed by atoms with Gasteiger partial charge in [-0.25, -0.2) is 4.99 Å². The summed E-state index contributed by atoms with van der Waals surface area (Å²) in [5.74, 6) is 0.0117. The minimum absolute atomic E-state index is 0.0623. The molecule has 2 fully saturated rings.